The molecule has 0 amide bonds. The van der Waals surface area contributed by atoms with Gasteiger partial charge in [0.1, 0.15) is 5.82 Å². The summed E-state index contributed by atoms with van der Waals surface area (Å²) in [5.74, 6) is -0.552. The Labute approximate surface area is 92.4 Å². The number of nitriles is 1. The molecule has 0 radical (unpaired) electrons. The summed E-state index contributed by atoms with van der Waals surface area (Å²) < 4.78 is 13.0. The van der Waals surface area contributed by atoms with Crippen LogP contribution in [0.2, 0.25) is 0 Å². The van der Waals surface area contributed by atoms with E-state index in [4.69, 9.17) is 16.9 Å². The van der Waals surface area contributed by atoms with Crippen LogP contribution in [0.4, 0.5) is 4.39 Å². The van der Waals surface area contributed by atoms with Crippen LogP contribution in [0.3, 0.4) is 0 Å². The predicted octanol–water partition coefficient (Wildman–Crippen LogP) is 2.68. The third kappa shape index (κ3) is 1.98. The van der Waals surface area contributed by atoms with Crippen LogP contribution in [0.1, 0.15) is 15.9 Å². The molecule has 0 aromatic heterocycles. The van der Waals surface area contributed by atoms with E-state index in [2.05, 4.69) is 0 Å². The van der Waals surface area contributed by atoms with Gasteiger partial charge in [0.15, 0.2) is 0 Å². The largest absolute Gasteiger partial charge is 0.276 e. The molecule has 0 N–H and O–H groups in total. The van der Waals surface area contributed by atoms with Crippen molar-refractivity contribution in [3.8, 4) is 6.07 Å². The number of hydrogen-bond donors (Lipinski definition) is 0. The average Bonchev–Trinajstić information content (AvgIpc) is 2.08. The molecule has 13 heavy (non-hydrogen) atoms. The van der Waals surface area contributed by atoms with E-state index >= 15 is 0 Å². The summed E-state index contributed by atoms with van der Waals surface area (Å²) in [7, 11) is 0. The molecule has 0 saturated heterocycles. The minimum absolute atomic E-state index is 0.0650. The fraction of sp³-hybridized carbons (Fsp3) is 0. The highest BCUT2D eigenvalue weighted by molar-refractivity contribution is 14.1. The van der Waals surface area contributed by atoms with Crippen LogP contribution >= 0.6 is 34.2 Å². The van der Waals surface area contributed by atoms with Gasteiger partial charge in [-0.3, -0.25) is 4.79 Å². The van der Waals surface area contributed by atoms with Gasteiger partial charge in [0.05, 0.1) is 20.8 Å². The van der Waals surface area contributed by atoms with Gasteiger partial charge in [0.25, 0.3) is 5.24 Å². The van der Waals surface area contributed by atoms with Crippen molar-refractivity contribution in [2.45, 2.75) is 0 Å². The van der Waals surface area contributed by atoms with E-state index in [1.54, 1.807) is 28.7 Å². The molecule has 0 aliphatic rings. The molecular formula is C8H2ClFINO. The van der Waals surface area contributed by atoms with Gasteiger partial charge in [-0.25, -0.2) is 4.39 Å². The van der Waals surface area contributed by atoms with Gasteiger partial charge < -0.3 is 0 Å². The minimum atomic E-state index is -0.819. The Morgan fingerprint density at radius 1 is 1.62 bits per heavy atom. The van der Waals surface area contributed by atoms with E-state index in [1.165, 1.54) is 6.07 Å². The number of nitrogens with zero attached hydrogens (tertiary/aromatic N) is 1. The maximum Gasteiger partial charge on any atom is 0.254 e. The maximum atomic E-state index is 12.9. The molecule has 1 aromatic carbocycles. The Bertz CT molecular complexity index is 413. The summed E-state index contributed by atoms with van der Waals surface area (Å²) in [5.41, 5.74) is 0.0237. The maximum absolute atomic E-state index is 12.9. The van der Waals surface area contributed by atoms with Crippen molar-refractivity contribution in [3.63, 3.8) is 0 Å². The predicted molar refractivity (Wildman–Crippen MR) is 54.0 cm³/mol. The third-order valence-electron chi connectivity index (χ3n) is 1.41. The van der Waals surface area contributed by atoms with Crippen LogP contribution in [-0.4, -0.2) is 5.24 Å². The van der Waals surface area contributed by atoms with Crippen molar-refractivity contribution in [2.24, 2.45) is 0 Å². The molecule has 0 unspecified atom stereocenters. The van der Waals surface area contributed by atoms with Gasteiger partial charge in [-0.2, -0.15) is 5.26 Å². The van der Waals surface area contributed by atoms with E-state index < -0.39 is 11.1 Å². The molecule has 0 fully saturated rings. The zero-order chi connectivity index (χ0) is 10.0. The smallest absolute Gasteiger partial charge is 0.254 e. The molecule has 0 spiro atoms. The summed E-state index contributed by atoms with van der Waals surface area (Å²) in [6.07, 6.45) is 0. The zero-order valence-electron chi connectivity index (χ0n) is 6.14. The standard InChI is InChI=1S/C8H2ClFINO/c9-8(13)6-4(3-12)1-2-5(10)7(6)11/h1-2H. The molecule has 5 heteroatoms. The number of hydrogen-bond acceptors (Lipinski definition) is 2. The molecule has 66 valence electrons. The van der Waals surface area contributed by atoms with Crippen molar-refractivity contribution >= 4 is 39.4 Å². The molecular weight excluding hydrogens is 307 g/mol. The number of carbonyl (C=O) groups is 1. The molecule has 1 rings (SSSR count). The first-order chi connectivity index (χ1) is 6.07. The fourth-order valence-corrected chi connectivity index (χ4v) is 1.91. The molecule has 2 nitrogen and oxygen atoms in total. The van der Waals surface area contributed by atoms with Crippen LogP contribution < -0.4 is 0 Å². The Balaban J connectivity index is 3.53. The van der Waals surface area contributed by atoms with Gasteiger partial charge in [-0.15, -0.1) is 0 Å². The molecule has 0 aliphatic carbocycles. The fourth-order valence-electron chi connectivity index (χ4n) is 0.836. The van der Waals surface area contributed by atoms with Crippen LogP contribution in [0.25, 0.3) is 0 Å². The van der Waals surface area contributed by atoms with Crippen molar-refractivity contribution < 1.29 is 9.18 Å². The van der Waals surface area contributed by atoms with Crippen molar-refractivity contribution in [1.29, 1.82) is 5.26 Å². The first-order valence-electron chi connectivity index (χ1n) is 3.16. The summed E-state index contributed by atoms with van der Waals surface area (Å²) >= 11 is 6.84. The van der Waals surface area contributed by atoms with Crippen LogP contribution in [0.5, 0.6) is 0 Å². The Hall–Kier alpha value is -0.670. The molecule has 0 atom stereocenters. The van der Waals surface area contributed by atoms with Gasteiger partial charge in [0, 0.05) is 0 Å². The Kier molecular flexibility index (Phi) is 3.22. The van der Waals surface area contributed by atoms with Gasteiger partial charge in [-0.1, -0.05) is 0 Å². The lowest BCUT2D eigenvalue weighted by Crippen LogP contribution is -2.00. The second-order valence-corrected chi connectivity index (χ2v) is 3.59. The Morgan fingerprint density at radius 3 is 2.69 bits per heavy atom. The van der Waals surface area contributed by atoms with Crippen molar-refractivity contribution in [2.75, 3.05) is 0 Å². The van der Waals surface area contributed by atoms with Crippen LogP contribution in [-0.2, 0) is 0 Å². The van der Waals surface area contributed by atoms with Gasteiger partial charge >= 0.3 is 0 Å². The van der Waals surface area contributed by atoms with Crippen LogP contribution in [0, 0.1) is 20.7 Å². The lowest BCUT2D eigenvalue weighted by molar-refractivity contribution is 0.108. The monoisotopic (exact) mass is 309 g/mol. The highest BCUT2D eigenvalue weighted by Crippen LogP contribution is 2.21. The van der Waals surface area contributed by atoms with E-state index in [9.17, 15) is 9.18 Å². The minimum Gasteiger partial charge on any atom is -0.276 e. The molecule has 0 bridgehead atoms. The van der Waals surface area contributed by atoms with Crippen molar-refractivity contribution in [1.82, 2.24) is 0 Å². The summed E-state index contributed by atoms with van der Waals surface area (Å²) in [4.78, 5) is 10.8. The molecule has 0 aliphatic heterocycles. The summed E-state index contributed by atoms with van der Waals surface area (Å²) in [6, 6.07) is 4.13. The van der Waals surface area contributed by atoms with E-state index in [1.807, 2.05) is 0 Å². The summed E-state index contributed by atoms with van der Waals surface area (Å²) in [6.45, 7) is 0. The number of benzene rings is 1. The highest BCUT2D eigenvalue weighted by Gasteiger charge is 2.16. The molecule has 0 saturated carbocycles. The van der Waals surface area contributed by atoms with Gasteiger partial charge in [-0.05, 0) is 46.3 Å². The molecule has 1 aromatic rings. The third-order valence-corrected chi connectivity index (χ3v) is 2.66. The first kappa shape index (κ1) is 10.4. The first-order valence-corrected chi connectivity index (χ1v) is 4.61. The second kappa shape index (κ2) is 4.03. The lowest BCUT2D eigenvalue weighted by Gasteiger charge is -2.01. The van der Waals surface area contributed by atoms with E-state index in [0.717, 1.165) is 6.07 Å². The average molecular weight is 309 g/mol. The zero-order valence-corrected chi connectivity index (χ0v) is 9.06. The van der Waals surface area contributed by atoms with E-state index in [0.29, 0.717) is 0 Å². The quantitative estimate of drug-likeness (QED) is 0.591. The topological polar surface area (TPSA) is 40.9 Å². The lowest BCUT2D eigenvalue weighted by atomic mass is 10.1. The Morgan fingerprint density at radius 2 is 2.23 bits per heavy atom. The van der Waals surface area contributed by atoms with Crippen molar-refractivity contribution in [3.05, 3.63) is 32.6 Å². The molecule has 0 heterocycles. The van der Waals surface area contributed by atoms with Gasteiger partial charge in [0.2, 0.25) is 0 Å². The van der Waals surface area contributed by atoms with Crippen LogP contribution in [0.15, 0.2) is 12.1 Å². The number of rotatable bonds is 1. The highest BCUT2D eigenvalue weighted by atomic mass is 127. The summed E-state index contributed by atoms with van der Waals surface area (Å²) in [5, 5.41) is 7.78. The normalized spacial score (nSPS) is 9.38. The second-order valence-electron chi connectivity index (χ2n) is 2.17. The number of carbonyl (C=O) groups excluding carboxylic acids is 1. The van der Waals surface area contributed by atoms with E-state index in [-0.39, 0.29) is 14.7 Å². The SMILES string of the molecule is N#Cc1ccc(F)c(I)c1C(=O)Cl. The number of halogens is 3.